The van der Waals surface area contributed by atoms with Crippen LogP contribution in [0.4, 0.5) is 0 Å². The van der Waals surface area contributed by atoms with E-state index in [0.717, 1.165) is 12.8 Å². The number of hydrogen-bond donors (Lipinski definition) is 0. The van der Waals surface area contributed by atoms with Crippen LogP contribution in [0.5, 0.6) is 0 Å². The summed E-state index contributed by atoms with van der Waals surface area (Å²) in [7, 11) is 0. The van der Waals surface area contributed by atoms with Crippen LogP contribution in [0.15, 0.2) is 30.3 Å². The summed E-state index contributed by atoms with van der Waals surface area (Å²) in [5.41, 5.74) is 1.32. The number of carbonyl (C=O) groups is 1. The Morgan fingerprint density at radius 1 is 0.679 bits per heavy atom. The molecule has 0 radical (unpaired) electrons. The number of carboxylic acids is 1. The maximum Gasteiger partial charge on any atom is 2.00 e. The molecule has 0 atom stereocenters. The zero-order valence-electron chi connectivity index (χ0n) is 18.7. The molecule has 0 aliphatic rings. The Kier molecular flexibility index (Phi) is 26.9. The average Bonchev–Trinajstić information content (AvgIpc) is 2.66. The van der Waals surface area contributed by atoms with Crippen molar-refractivity contribution in [3.05, 3.63) is 35.9 Å². The van der Waals surface area contributed by atoms with E-state index in [-0.39, 0.29) is 44.2 Å². The van der Waals surface area contributed by atoms with E-state index in [4.69, 9.17) is 0 Å². The van der Waals surface area contributed by atoms with Gasteiger partial charge in [0.05, 0.1) is 0 Å². The Balaban J connectivity index is 0. The molecule has 0 amide bonds. The second kappa shape index (κ2) is 25.0. The van der Waals surface area contributed by atoms with Gasteiger partial charge in [-0.05, 0) is 19.8 Å². The number of benzene rings is 1. The monoisotopic (exact) mass is 415 g/mol. The summed E-state index contributed by atoms with van der Waals surface area (Å²) in [5.74, 6) is -0.903. The van der Waals surface area contributed by atoms with Crippen LogP contribution in [0, 0.1) is 6.92 Å². The molecule has 156 valence electrons. The van der Waals surface area contributed by atoms with E-state index in [9.17, 15) is 9.90 Å². The van der Waals surface area contributed by atoms with Crippen LogP contribution in [-0.2, 0) is 4.79 Å². The molecular formula is C25H43CaO2+. The smallest absolute Gasteiger partial charge is 0.550 e. The second-order valence-corrected chi connectivity index (χ2v) is 7.73. The van der Waals surface area contributed by atoms with Gasteiger partial charge < -0.3 is 9.90 Å². The molecule has 1 rings (SSSR count). The van der Waals surface area contributed by atoms with E-state index in [1.165, 1.54) is 89.0 Å². The molecule has 0 fully saturated rings. The van der Waals surface area contributed by atoms with E-state index >= 15 is 0 Å². The molecule has 0 unspecified atom stereocenters. The first kappa shape index (κ1) is 30.1. The first-order valence-corrected chi connectivity index (χ1v) is 11.4. The predicted molar refractivity (Wildman–Crippen MR) is 121 cm³/mol. The van der Waals surface area contributed by atoms with E-state index < -0.39 is 5.97 Å². The molecular weight excluding hydrogens is 372 g/mol. The molecule has 0 saturated heterocycles. The van der Waals surface area contributed by atoms with Gasteiger partial charge in [0, 0.05) is 5.97 Å². The zero-order valence-corrected chi connectivity index (χ0v) is 20.9. The molecule has 0 N–H and O–H groups in total. The van der Waals surface area contributed by atoms with Crippen molar-refractivity contribution in [3.63, 3.8) is 0 Å². The molecule has 28 heavy (non-hydrogen) atoms. The van der Waals surface area contributed by atoms with Crippen LogP contribution in [-0.4, -0.2) is 43.7 Å². The topological polar surface area (TPSA) is 40.1 Å². The first-order chi connectivity index (χ1) is 13.2. The third-order valence-corrected chi connectivity index (χ3v) is 4.92. The van der Waals surface area contributed by atoms with Gasteiger partial charge in [-0.25, -0.2) is 0 Å². The van der Waals surface area contributed by atoms with Gasteiger partial charge in [-0.1, -0.05) is 133 Å². The van der Waals surface area contributed by atoms with Gasteiger partial charge in [-0.3, -0.25) is 0 Å². The molecule has 1 aromatic rings. The molecule has 3 heteroatoms. The largest absolute Gasteiger partial charge is 2.00 e. The minimum absolute atomic E-state index is 0. The molecule has 1 aromatic carbocycles. The van der Waals surface area contributed by atoms with Crippen molar-refractivity contribution in [1.29, 1.82) is 0 Å². The molecule has 2 nitrogen and oxygen atoms in total. The van der Waals surface area contributed by atoms with Crippen molar-refractivity contribution >= 4 is 43.7 Å². The summed E-state index contributed by atoms with van der Waals surface area (Å²) in [6.45, 7) is 4.35. The van der Waals surface area contributed by atoms with Gasteiger partial charge in [-0.15, -0.1) is 0 Å². The summed E-state index contributed by atoms with van der Waals surface area (Å²) in [5, 5.41) is 10.2. The van der Waals surface area contributed by atoms with Gasteiger partial charge in [0.15, 0.2) is 0 Å². The maximum absolute atomic E-state index is 10.2. The van der Waals surface area contributed by atoms with E-state index in [2.05, 4.69) is 26.0 Å². The summed E-state index contributed by atoms with van der Waals surface area (Å²) in [6.07, 6.45) is 19.9. The van der Waals surface area contributed by atoms with Crippen LogP contribution >= 0.6 is 0 Å². The number of carboxylic acid groups (broad SMARTS) is 1. The number of aryl methyl sites for hydroxylation is 1. The summed E-state index contributed by atoms with van der Waals surface area (Å²) in [6, 6.07) is 10.3. The second-order valence-electron chi connectivity index (χ2n) is 7.73. The number of carbonyl (C=O) groups excluding carboxylic acids is 1. The molecule has 0 aromatic heterocycles. The Bertz CT molecular complexity index is 420. The fourth-order valence-electron chi connectivity index (χ4n) is 3.18. The summed E-state index contributed by atoms with van der Waals surface area (Å²) in [4.78, 5) is 10.2. The molecule has 0 bridgehead atoms. The van der Waals surface area contributed by atoms with E-state index in [1.807, 2.05) is 18.2 Å². The van der Waals surface area contributed by atoms with Crippen molar-refractivity contribution in [2.45, 2.75) is 117 Å². The predicted octanol–water partition coefficient (Wildman–Crippen LogP) is 6.61. The average molecular weight is 416 g/mol. The van der Waals surface area contributed by atoms with E-state index in [1.54, 1.807) is 0 Å². The van der Waals surface area contributed by atoms with Gasteiger partial charge in [0.1, 0.15) is 0 Å². The third-order valence-electron chi connectivity index (χ3n) is 4.92. The Morgan fingerprint density at radius 2 is 1.04 bits per heavy atom. The molecule has 0 spiro atoms. The Morgan fingerprint density at radius 3 is 1.32 bits per heavy atom. The van der Waals surface area contributed by atoms with Crippen LogP contribution in [0.25, 0.3) is 0 Å². The SMILES string of the molecule is CCCCCCCCCCCCCCCCCC(=O)[O-].Cc1ccccc1.[Ca+2]. The molecule has 0 aliphatic carbocycles. The first-order valence-electron chi connectivity index (χ1n) is 11.4. The standard InChI is InChI=1S/C18H36O2.C7H8.Ca/c1-2-3-4-5-6-7-8-9-10-11-12-13-14-15-16-17-18(19)20;1-7-5-3-2-4-6-7;/h2-17H2,1H3,(H,19,20);2-6H,1H3;/q;;+2/p-1. The number of rotatable bonds is 16. The quantitative estimate of drug-likeness (QED) is 0.225. The van der Waals surface area contributed by atoms with Crippen LogP contribution in [0.2, 0.25) is 0 Å². The minimum Gasteiger partial charge on any atom is -0.550 e. The molecule has 0 saturated carbocycles. The molecule has 0 heterocycles. The van der Waals surface area contributed by atoms with Crippen molar-refractivity contribution in [3.8, 4) is 0 Å². The fraction of sp³-hybridized carbons (Fsp3) is 0.720. The zero-order chi connectivity index (χ0) is 20.0. The summed E-state index contributed by atoms with van der Waals surface area (Å²) >= 11 is 0. The van der Waals surface area contributed by atoms with Crippen molar-refractivity contribution in [1.82, 2.24) is 0 Å². The fourth-order valence-corrected chi connectivity index (χ4v) is 3.18. The van der Waals surface area contributed by atoms with Crippen LogP contribution < -0.4 is 5.11 Å². The van der Waals surface area contributed by atoms with Crippen molar-refractivity contribution in [2.24, 2.45) is 0 Å². The van der Waals surface area contributed by atoms with Crippen molar-refractivity contribution in [2.75, 3.05) is 0 Å². The van der Waals surface area contributed by atoms with Crippen LogP contribution in [0.1, 0.15) is 115 Å². The maximum atomic E-state index is 10.2. The minimum atomic E-state index is -0.903. The number of hydrogen-bond acceptors (Lipinski definition) is 2. The van der Waals surface area contributed by atoms with E-state index in [0.29, 0.717) is 0 Å². The number of unbranched alkanes of at least 4 members (excludes halogenated alkanes) is 14. The van der Waals surface area contributed by atoms with Gasteiger partial charge in [-0.2, -0.15) is 0 Å². The van der Waals surface area contributed by atoms with Gasteiger partial charge >= 0.3 is 37.7 Å². The Labute approximate surface area is 204 Å². The van der Waals surface area contributed by atoms with Crippen LogP contribution in [0.3, 0.4) is 0 Å². The Hall–Kier alpha value is -0.0503. The third kappa shape index (κ3) is 25.9. The normalized spacial score (nSPS) is 9.93. The van der Waals surface area contributed by atoms with Gasteiger partial charge in [0.2, 0.25) is 0 Å². The number of aliphatic carboxylic acids is 1. The molecule has 0 aliphatic heterocycles. The van der Waals surface area contributed by atoms with Crippen molar-refractivity contribution < 1.29 is 9.90 Å². The summed E-state index contributed by atoms with van der Waals surface area (Å²) < 4.78 is 0. The van der Waals surface area contributed by atoms with Gasteiger partial charge in [0.25, 0.3) is 0 Å².